The van der Waals surface area contributed by atoms with Gasteiger partial charge in [-0.05, 0) is 56.4 Å². The fourth-order valence-electron chi connectivity index (χ4n) is 3.17. The van der Waals surface area contributed by atoms with Gasteiger partial charge >= 0.3 is 0 Å². The number of benzene rings is 1. The highest BCUT2D eigenvalue weighted by Gasteiger charge is 2.19. The maximum absolute atomic E-state index is 5.65. The Bertz CT molecular complexity index is 524. The molecule has 0 bridgehead atoms. The van der Waals surface area contributed by atoms with Crippen LogP contribution >= 0.6 is 0 Å². The molecule has 3 heteroatoms. The molecule has 0 aliphatic carbocycles. The number of hydrogen-bond donors (Lipinski definition) is 2. The second-order valence-electron chi connectivity index (χ2n) is 5.66. The fourth-order valence-corrected chi connectivity index (χ4v) is 3.17. The van der Waals surface area contributed by atoms with Crippen molar-refractivity contribution in [3.63, 3.8) is 0 Å². The lowest BCUT2D eigenvalue weighted by Crippen LogP contribution is -2.33. The molecule has 3 N–H and O–H groups in total. The van der Waals surface area contributed by atoms with Gasteiger partial charge in [-0.15, -0.1) is 0 Å². The number of para-hydroxylation sites is 1. The molecule has 2 heterocycles. The van der Waals surface area contributed by atoms with Gasteiger partial charge in [-0.25, -0.2) is 0 Å². The number of nitrogens with one attached hydrogen (secondary N) is 1. The van der Waals surface area contributed by atoms with Crippen LogP contribution in [0.25, 0.3) is 10.9 Å². The number of fused-ring (bicyclic) bond motifs is 1. The molecule has 3 nitrogen and oxygen atoms in total. The van der Waals surface area contributed by atoms with Crippen molar-refractivity contribution in [2.45, 2.75) is 25.8 Å². The quantitative estimate of drug-likeness (QED) is 0.884. The molecule has 1 aliphatic rings. The van der Waals surface area contributed by atoms with Crippen LogP contribution in [0.2, 0.25) is 0 Å². The predicted molar refractivity (Wildman–Crippen MR) is 80.0 cm³/mol. The summed E-state index contributed by atoms with van der Waals surface area (Å²) >= 11 is 0. The summed E-state index contributed by atoms with van der Waals surface area (Å²) in [5.74, 6) is 0.851. The van der Waals surface area contributed by atoms with E-state index >= 15 is 0 Å². The first-order valence-corrected chi connectivity index (χ1v) is 7.34. The summed E-state index contributed by atoms with van der Waals surface area (Å²) < 4.78 is 0. The summed E-state index contributed by atoms with van der Waals surface area (Å²) in [5, 5.41) is 1.37. The largest absolute Gasteiger partial charge is 0.361 e. The van der Waals surface area contributed by atoms with Gasteiger partial charge in [0.1, 0.15) is 0 Å². The maximum atomic E-state index is 5.65. The Morgan fingerprint density at radius 3 is 2.79 bits per heavy atom. The molecule has 0 unspecified atom stereocenters. The molecule has 102 valence electrons. The normalized spacial score (nSPS) is 18.2. The molecular weight excluding hydrogens is 234 g/mol. The van der Waals surface area contributed by atoms with Crippen LogP contribution in [-0.4, -0.2) is 29.5 Å². The molecule has 0 spiro atoms. The van der Waals surface area contributed by atoms with Crippen LogP contribution in [-0.2, 0) is 6.54 Å². The van der Waals surface area contributed by atoms with Crippen molar-refractivity contribution < 1.29 is 0 Å². The molecule has 0 saturated carbocycles. The first-order chi connectivity index (χ1) is 9.36. The lowest BCUT2D eigenvalue weighted by molar-refractivity contribution is 0.174. The molecule has 19 heavy (non-hydrogen) atoms. The summed E-state index contributed by atoms with van der Waals surface area (Å²) in [4.78, 5) is 5.94. The van der Waals surface area contributed by atoms with Gasteiger partial charge in [0.25, 0.3) is 0 Å². The van der Waals surface area contributed by atoms with Crippen molar-refractivity contribution in [3.8, 4) is 0 Å². The molecule has 1 aromatic heterocycles. The van der Waals surface area contributed by atoms with E-state index < -0.39 is 0 Å². The summed E-state index contributed by atoms with van der Waals surface area (Å²) in [6.07, 6.45) is 5.97. The molecular formula is C16H23N3. The smallest absolute Gasteiger partial charge is 0.0457 e. The van der Waals surface area contributed by atoms with Crippen molar-refractivity contribution in [1.82, 2.24) is 9.88 Å². The Labute approximate surface area is 114 Å². The van der Waals surface area contributed by atoms with Gasteiger partial charge in [0.15, 0.2) is 0 Å². The van der Waals surface area contributed by atoms with E-state index in [4.69, 9.17) is 5.73 Å². The van der Waals surface area contributed by atoms with Crippen molar-refractivity contribution >= 4 is 10.9 Å². The molecule has 2 aromatic rings. The van der Waals surface area contributed by atoms with E-state index in [0.717, 1.165) is 19.0 Å². The van der Waals surface area contributed by atoms with Crippen LogP contribution in [0.5, 0.6) is 0 Å². The number of rotatable bonds is 4. The molecule has 1 saturated heterocycles. The maximum Gasteiger partial charge on any atom is 0.0457 e. The third-order valence-corrected chi connectivity index (χ3v) is 4.35. The second-order valence-corrected chi connectivity index (χ2v) is 5.66. The number of piperidine rings is 1. The fraction of sp³-hybridized carbons (Fsp3) is 0.500. The van der Waals surface area contributed by atoms with Gasteiger partial charge in [-0.3, -0.25) is 4.90 Å². The van der Waals surface area contributed by atoms with Crippen molar-refractivity contribution in [3.05, 3.63) is 36.0 Å². The average molecular weight is 257 g/mol. The second kappa shape index (κ2) is 5.76. The minimum absolute atomic E-state index is 0.840. The molecule has 1 fully saturated rings. The SMILES string of the molecule is NCCC1CCN(Cc2c[nH]c3ccccc23)CC1. The summed E-state index contributed by atoms with van der Waals surface area (Å²) in [5.41, 5.74) is 8.32. The van der Waals surface area contributed by atoms with Crippen LogP contribution in [0.15, 0.2) is 30.5 Å². The van der Waals surface area contributed by atoms with E-state index in [1.165, 1.54) is 48.8 Å². The van der Waals surface area contributed by atoms with Gasteiger partial charge in [0.2, 0.25) is 0 Å². The minimum atomic E-state index is 0.840. The van der Waals surface area contributed by atoms with E-state index in [1.54, 1.807) is 0 Å². The van der Waals surface area contributed by atoms with Crippen LogP contribution < -0.4 is 5.73 Å². The predicted octanol–water partition coefficient (Wildman–Crippen LogP) is 2.73. The molecule has 1 aromatic carbocycles. The number of aromatic amines is 1. The third kappa shape index (κ3) is 2.82. The van der Waals surface area contributed by atoms with E-state index in [2.05, 4.69) is 40.3 Å². The van der Waals surface area contributed by atoms with Gasteiger partial charge in [0.05, 0.1) is 0 Å². The van der Waals surface area contributed by atoms with E-state index in [0.29, 0.717) is 0 Å². The molecule has 0 amide bonds. The highest BCUT2D eigenvalue weighted by atomic mass is 15.1. The minimum Gasteiger partial charge on any atom is -0.361 e. The molecule has 0 atom stereocenters. The number of likely N-dealkylation sites (tertiary alicyclic amines) is 1. The summed E-state index contributed by atoms with van der Waals surface area (Å²) in [6.45, 7) is 4.33. The van der Waals surface area contributed by atoms with E-state index in [1.807, 2.05) is 0 Å². The lowest BCUT2D eigenvalue weighted by Gasteiger charge is -2.31. The van der Waals surface area contributed by atoms with Crippen LogP contribution in [0.1, 0.15) is 24.8 Å². The van der Waals surface area contributed by atoms with Crippen molar-refractivity contribution in [2.75, 3.05) is 19.6 Å². The summed E-state index contributed by atoms with van der Waals surface area (Å²) in [7, 11) is 0. The zero-order chi connectivity index (χ0) is 13.1. The standard InChI is InChI=1S/C16H23N3/c17-8-5-13-6-9-19(10-7-13)12-14-11-18-16-4-2-1-3-15(14)16/h1-4,11,13,18H,5-10,12,17H2. The van der Waals surface area contributed by atoms with Gasteiger partial charge in [-0.1, -0.05) is 18.2 Å². The van der Waals surface area contributed by atoms with Gasteiger partial charge < -0.3 is 10.7 Å². The lowest BCUT2D eigenvalue weighted by atomic mass is 9.93. The number of nitrogens with zero attached hydrogens (tertiary/aromatic N) is 1. The van der Waals surface area contributed by atoms with E-state index in [-0.39, 0.29) is 0 Å². The first kappa shape index (κ1) is 12.7. The average Bonchev–Trinajstić information content (AvgIpc) is 2.85. The zero-order valence-electron chi connectivity index (χ0n) is 11.4. The van der Waals surface area contributed by atoms with Gasteiger partial charge in [-0.2, -0.15) is 0 Å². The molecule has 3 rings (SSSR count). The Balaban J connectivity index is 1.63. The number of H-pyrrole nitrogens is 1. The summed E-state index contributed by atoms with van der Waals surface area (Å²) in [6, 6.07) is 8.56. The number of hydrogen-bond acceptors (Lipinski definition) is 2. The van der Waals surface area contributed by atoms with Crippen molar-refractivity contribution in [2.24, 2.45) is 11.7 Å². The van der Waals surface area contributed by atoms with Gasteiger partial charge in [0, 0.05) is 23.6 Å². The number of nitrogens with two attached hydrogens (primary N) is 1. The highest BCUT2D eigenvalue weighted by molar-refractivity contribution is 5.82. The Morgan fingerprint density at radius 2 is 2.00 bits per heavy atom. The molecule has 0 radical (unpaired) electrons. The topological polar surface area (TPSA) is 45.0 Å². The van der Waals surface area contributed by atoms with Crippen LogP contribution in [0.3, 0.4) is 0 Å². The zero-order valence-corrected chi connectivity index (χ0v) is 11.4. The molecule has 1 aliphatic heterocycles. The van der Waals surface area contributed by atoms with Crippen LogP contribution in [0, 0.1) is 5.92 Å². The Kier molecular flexibility index (Phi) is 3.85. The number of aromatic nitrogens is 1. The third-order valence-electron chi connectivity index (χ3n) is 4.35. The van der Waals surface area contributed by atoms with Crippen LogP contribution in [0.4, 0.5) is 0 Å². The van der Waals surface area contributed by atoms with E-state index in [9.17, 15) is 0 Å². The Hall–Kier alpha value is -1.32. The van der Waals surface area contributed by atoms with Crippen molar-refractivity contribution in [1.29, 1.82) is 0 Å². The Morgan fingerprint density at radius 1 is 1.21 bits per heavy atom. The first-order valence-electron chi connectivity index (χ1n) is 7.34. The monoisotopic (exact) mass is 257 g/mol. The highest BCUT2D eigenvalue weighted by Crippen LogP contribution is 2.24.